The molecule has 0 bridgehead atoms. The van der Waals surface area contributed by atoms with Crippen LogP contribution in [0.1, 0.15) is 48.3 Å². The minimum Gasteiger partial charge on any atom is -0.475 e. The predicted octanol–water partition coefficient (Wildman–Crippen LogP) is 2.14. The average molecular weight is 239 g/mol. The highest BCUT2D eigenvalue weighted by Gasteiger charge is 2.18. The van der Waals surface area contributed by atoms with Gasteiger partial charge in [-0.05, 0) is 25.0 Å². The molecule has 0 aromatic carbocycles. The predicted molar refractivity (Wildman–Crippen MR) is 62.1 cm³/mol. The maximum Gasteiger partial charge on any atom is 0.371 e. The minimum atomic E-state index is -1.18. The number of furan rings is 1. The smallest absolute Gasteiger partial charge is 0.371 e. The maximum absolute atomic E-state index is 11.7. The lowest BCUT2D eigenvalue weighted by molar-refractivity contribution is 0.0659. The fourth-order valence-corrected chi connectivity index (χ4v) is 1.35. The Labute approximate surface area is 99.8 Å². The zero-order valence-corrected chi connectivity index (χ0v) is 10.2. The summed E-state index contributed by atoms with van der Waals surface area (Å²) in [5.41, 5.74) is 0. The standard InChI is InChI=1S/C12H17NO4/c1-4-7(2)8(3)13-11(14)9-5-6-10(17-9)12(15)16/h5-8H,4H2,1-3H3,(H,13,14)(H,15,16). The maximum atomic E-state index is 11.7. The first kappa shape index (κ1) is 13.3. The van der Waals surface area contributed by atoms with Crippen molar-refractivity contribution in [1.82, 2.24) is 5.32 Å². The van der Waals surface area contributed by atoms with E-state index in [0.29, 0.717) is 5.92 Å². The van der Waals surface area contributed by atoms with E-state index in [2.05, 4.69) is 5.32 Å². The highest BCUT2D eigenvalue weighted by molar-refractivity contribution is 5.93. The molecule has 1 amide bonds. The van der Waals surface area contributed by atoms with Gasteiger partial charge in [0.25, 0.3) is 5.91 Å². The van der Waals surface area contributed by atoms with Gasteiger partial charge in [-0.3, -0.25) is 4.79 Å². The van der Waals surface area contributed by atoms with Gasteiger partial charge in [0.05, 0.1) is 0 Å². The number of aromatic carboxylic acids is 1. The molecule has 5 nitrogen and oxygen atoms in total. The third-order valence-corrected chi connectivity index (χ3v) is 2.90. The Morgan fingerprint density at radius 1 is 1.35 bits per heavy atom. The summed E-state index contributed by atoms with van der Waals surface area (Å²) < 4.78 is 4.91. The molecule has 0 saturated carbocycles. The normalized spacial score (nSPS) is 14.1. The van der Waals surface area contributed by atoms with E-state index in [0.717, 1.165) is 6.42 Å². The topological polar surface area (TPSA) is 79.5 Å². The van der Waals surface area contributed by atoms with Gasteiger partial charge in [0, 0.05) is 6.04 Å². The van der Waals surface area contributed by atoms with E-state index in [-0.39, 0.29) is 23.5 Å². The SMILES string of the molecule is CCC(C)C(C)NC(=O)c1ccc(C(=O)O)o1. The van der Waals surface area contributed by atoms with Crippen LogP contribution in [-0.4, -0.2) is 23.0 Å². The highest BCUT2D eigenvalue weighted by Crippen LogP contribution is 2.10. The third kappa shape index (κ3) is 3.34. The Balaban J connectivity index is 2.66. The fraction of sp³-hybridized carbons (Fsp3) is 0.500. The van der Waals surface area contributed by atoms with Crippen molar-refractivity contribution in [2.24, 2.45) is 5.92 Å². The zero-order valence-electron chi connectivity index (χ0n) is 10.2. The molecule has 0 aliphatic rings. The Kier molecular flexibility index (Phi) is 4.31. The van der Waals surface area contributed by atoms with Gasteiger partial charge in [-0.2, -0.15) is 0 Å². The van der Waals surface area contributed by atoms with Gasteiger partial charge in [0.15, 0.2) is 5.76 Å². The highest BCUT2D eigenvalue weighted by atomic mass is 16.4. The molecule has 5 heteroatoms. The fourth-order valence-electron chi connectivity index (χ4n) is 1.35. The molecule has 1 aromatic heterocycles. The molecule has 1 heterocycles. The monoisotopic (exact) mass is 239 g/mol. The quantitative estimate of drug-likeness (QED) is 0.825. The number of hydrogen-bond donors (Lipinski definition) is 2. The van der Waals surface area contributed by atoms with E-state index in [1.165, 1.54) is 12.1 Å². The second-order valence-corrected chi connectivity index (χ2v) is 4.12. The van der Waals surface area contributed by atoms with Gasteiger partial charge < -0.3 is 14.8 Å². The van der Waals surface area contributed by atoms with Crippen molar-refractivity contribution in [2.45, 2.75) is 33.2 Å². The molecule has 2 unspecified atom stereocenters. The molecule has 1 rings (SSSR count). The van der Waals surface area contributed by atoms with Crippen molar-refractivity contribution < 1.29 is 19.1 Å². The lowest BCUT2D eigenvalue weighted by atomic mass is 10.0. The summed E-state index contributed by atoms with van der Waals surface area (Å²) in [4.78, 5) is 22.3. The summed E-state index contributed by atoms with van der Waals surface area (Å²) in [6.45, 7) is 5.99. The van der Waals surface area contributed by atoms with Crippen molar-refractivity contribution in [3.63, 3.8) is 0 Å². The van der Waals surface area contributed by atoms with Gasteiger partial charge in [-0.15, -0.1) is 0 Å². The first-order valence-corrected chi connectivity index (χ1v) is 5.59. The summed E-state index contributed by atoms with van der Waals surface area (Å²) in [6.07, 6.45) is 0.958. The summed E-state index contributed by atoms with van der Waals surface area (Å²) in [5, 5.41) is 11.4. The van der Waals surface area contributed by atoms with Gasteiger partial charge in [-0.25, -0.2) is 4.79 Å². The van der Waals surface area contributed by atoms with Crippen LogP contribution in [0.25, 0.3) is 0 Å². The number of carbonyl (C=O) groups is 2. The van der Waals surface area contributed by atoms with Crippen molar-refractivity contribution in [2.75, 3.05) is 0 Å². The molecular formula is C12H17NO4. The Hall–Kier alpha value is -1.78. The van der Waals surface area contributed by atoms with Gasteiger partial charge in [-0.1, -0.05) is 20.3 Å². The van der Waals surface area contributed by atoms with Crippen molar-refractivity contribution in [3.8, 4) is 0 Å². The molecule has 0 saturated heterocycles. The number of carbonyl (C=O) groups excluding carboxylic acids is 1. The van der Waals surface area contributed by atoms with Crippen LogP contribution >= 0.6 is 0 Å². The summed E-state index contributed by atoms with van der Waals surface area (Å²) in [6, 6.07) is 2.65. The number of rotatable bonds is 5. The number of carboxylic acids is 1. The largest absolute Gasteiger partial charge is 0.475 e. The number of amides is 1. The third-order valence-electron chi connectivity index (χ3n) is 2.90. The van der Waals surface area contributed by atoms with Gasteiger partial charge in [0.1, 0.15) is 0 Å². The van der Waals surface area contributed by atoms with Crippen LogP contribution in [0.15, 0.2) is 16.5 Å². The minimum absolute atomic E-state index is 0.0193. The second-order valence-electron chi connectivity index (χ2n) is 4.12. The molecule has 17 heavy (non-hydrogen) atoms. The van der Waals surface area contributed by atoms with Crippen LogP contribution in [0, 0.1) is 5.92 Å². The molecule has 0 spiro atoms. The Bertz CT molecular complexity index is 410. The molecular weight excluding hydrogens is 222 g/mol. The van der Waals surface area contributed by atoms with Crippen LogP contribution in [-0.2, 0) is 0 Å². The Morgan fingerprint density at radius 2 is 1.94 bits per heavy atom. The van der Waals surface area contributed by atoms with E-state index < -0.39 is 5.97 Å². The second kappa shape index (κ2) is 5.52. The molecule has 0 aliphatic heterocycles. The number of nitrogens with one attached hydrogen (secondary N) is 1. The van der Waals surface area contributed by atoms with E-state index in [1.54, 1.807) is 0 Å². The van der Waals surface area contributed by atoms with Crippen LogP contribution in [0.3, 0.4) is 0 Å². The van der Waals surface area contributed by atoms with E-state index in [4.69, 9.17) is 9.52 Å². The first-order chi connectivity index (χ1) is 7.95. The molecule has 94 valence electrons. The first-order valence-electron chi connectivity index (χ1n) is 5.59. The molecule has 1 aromatic rings. The van der Waals surface area contributed by atoms with Crippen LogP contribution in [0.4, 0.5) is 0 Å². The van der Waals surface area contributed by atoms with Crippen molar-refractivity contribution in [3.05, 3.63) is 23.7 Å². The molecule has 2 atom stereocenters. The van der Waals surface area contributed by atoms with E-state index in [1.807, 2.05) is 20.8 Å². The number of hydrogen-bond acceptors (Lipinski definition) is 3. The lowest BCUT2D eigenvalue weighted by Gasteiger charge is -2.18. The lowest BCUT2D eigenvalue weighted by Crippen LogP contribution is -2.36. The summed E-state index contributed by atoms with van der Waals surface area (Å²) in [7, 11) is 0. The molecule has 0 fully saturated rings. The van der Waals surface area contributed by atoms with Crippen LogP contribution < -0.4 is 5.32 Å². The summed E-state index contributed by atoms with van der Waals surface area (Å²) >= 11 is 0. The molecule has 2 N–H and O–H groups in total. The summed E-state index contributed by atoms with van der Waals surface area (Å²) in [5.74, 6) is -1.42. The Morgan fingerprint density at radius 3 is 2.41 bits per heavy atom. The van der Waals surface area contributed by atoms with E-state index in [9.17, 15) is 9.59 Å². The van der Waals surface area contributed by atoms with Gasteiger partial charge in [0.2, 0.25) is 5.76 Å². The molecule has 0 radical (unpaired) electrons. The van der Waals surface area contributed by atoms with Crippen molar-refractivity contribution >= 4 is 11.9 Å². The number of carboxylic acid groups (broad SMARTS) is 1. The zero-order chi connectivity index (χ0) is 13.0. The van der Waals surface area contributed by atoms with Crippen LogP contribution in [0.5, 0.6) is 0 Å². The van der Waals surface area contributed by atoms with E-state index >= 15 is 0 Å². The van der Waals surface area contributed by atoms with Crippen LogP contribution in [0.2, 0.25) is 0 Å². The average Bonchev–Trinajstić information content (AvgIpc) is 2.77. The molecule has 0 aliphatic carbocycles. The van der Waals surface area contributed by atoms with Gasteiger partial charge >= 0.3 is 5.97 Å². The van der Waals surface area contributed by atoms with Crippen molar-refractivity contribution in [1.29, 1.82) is 0 Å².